The maximum Gasteiger partial charge on any atom is 0.00238 e. The maximum atomic E-state index is 2.57. The Labute approximate surface area is 133 Å². The van der Waals surface area contributed by atoms with E-state index in [1.807, 2.05) is 0 Å². The zero-order valence-corrected chi connectivity index (χ0v) is 14.9. The van der Waals surface area contributed by atoms with Crippen molar-refractivity contribution in [2.24, 2.45) is 11.8 Å². The van der Waals surface area contributed by atoms with Crippen LogP contribution in [0.25, 0.3) is 0 Å². The van der Waals surface area contributed by atoms with Crippen molar-refractivity contribution in [3.8, 4) is 0 Å². The van der Waals surface area contributed by atoms with Crippen LogP contribution in [0.3, 0.4) is 0 Å². The molecule has 1 aromatic rings. The molecule has 0 N–H and O–H groups in total. The normalized spacial score (nSPS) is 14.3. The topological polar surface area (TPSA) is 0 Å². The Balaban J connectivity index is 2.31. The third-order valence-corrected chi connectivity index (χ3v) is 5.55. The van der Waals surface area contributed by atoms with Crippen molar-refractivity contribution in [2.45, 2.75) is 59.3 Å². The van der Waals surface area contributed by atoms with Gasteiger partial charge in [-0.3, -0.25) is 0 Å². The molecule has 0 aromatic heterocycles. The molecule has 0 saturated heterocycles. The highest BCUT2D eigenvalue weighted by atomic mass is 127. The standard InChI is InChI=1S/C18H29I/c1-4-15(2)8-7-10-17(14-19)12-13-18-11-6-5-9-16(18)3/h5-6,9,11,15,17H,4,7-8,10,12-14H2,1-3H3. The van der Waals surface area contributed by atoms with Crippen LogP contribution in [0.2, 0.25) is 0 Å². The molecule has 0 nitrogen and oxygen atoms in total. The molecule has 1 heteroatoms. The highest BCUT2D eigenvalue weighted by Crippen LogP contribution is 2.22. The van der Waals surface area contributed by atoms with E-state index >= 15 is 0 Å². The fourth-order valence-corrected chi connectivity index (χ4v) is 3.39. The van der Waals surface area contributed by atoms with Gasteiger partial charge in [-0.15, -0.1) is 0 Å². The van der Waals surface area contributed by atoms with Gasteiger partial charge in [-0.05, 0) is 49.1 Å². The molecular weight excluding hydrogens is 343 g/mol. The van der Waals surface area contributed by atoms with E-state index in [-0.39, 0.29) is 0 Å². The summed E-state index contributed by atoms with van der Waals surface area (Å²) < 4.78 is 1.31. The zero-order valence-electron chi connectivity index (χ0n) is 12.8. The SMILES string of the molecule is CCC(C)CCCC(CI)CCc1ccccc1C. The largest absolute Gasteiger partial charge is 0.0861 e. The summed E-state index contributed by atoms with van der Waals surface area (Å²) in [6.07, 6.45) is 8.18. The molecule has 19 heavy (non-hydrogen) atoms. The van der Waals surface area contributed by atoms with Crippen LogP contribution in [0.4, 0.5) is 0 Å². The number of alkyl halides is 1. The Bertz CT molecular complexity index is 345. The van der Waals surface area contributed by atoms with Crippen molar-refractivity contribution < 1.29 is 0 Å². The van der Waals surface area contributed by atoms with E-state index < -0.39 is 0 Å². The smallest absolute Gasteiger partial charge is 0.00238 e. The van der Waals surface area contributed by atoms with Crippen molar-refractivity contribution in [3.05, 3.63) is 35.4 Å². The Morgan fingerprint density at radius 1 is 1.11 bits per heavy atom. The van der Waals surface area contributed by atoms with Gasteiger partial charge in [0.1, 0.15) is 0 Å². The van der Waals surface area contributed by atoms with Crippen molar-refractivity contribution in [2.75, 3.05) is 4.43 Å². The number of halogens is 1. The Hall–Kier alpha value is -0.0500. The monoisotopic (exact) mass is 372 g/mol. The quantitative estimate of drug-likeness (QED) is 0.358. The van der Waals surface area contributed by atoms with Crippen molar-refractivity contribution in [1.29, 1.82) is 0 Å². The molecule has 1 aromatic carbocycles. The van der Waals surface area contributed by atoms with E-state index in [9.17, 15) is 0 Å². The van der Waals surface area contributed by atoms with Crippen molar-refractivity contribution in [3.63, 3.8) is 0 Å². The fourth-order valence-electron chi connectivity index (χ4n) is 2.51. The van der Waals surface area contributed by atoms with Crippen LogP contribution >= 0.6 is 22.6 Å². The van der Waals surface area contributed by atoms with Crippen LogP contribution in [0.15, 0.2) is 24.3 Å². The Morgan fingerprint density at radius 2 is 1.84 bits per heavy atom. The van der Waals surface area contributed by atoms with E-state index in [0.29, 0.717) is 0 Å². The van der Waals surface area contributed by atoms with E-state index in [2.05, 4.69) is 67.6 Å². The van der Waals surface area contributed by atoms with Crippen LogP contribution < -0.4 is 0 Å². The zero-order chi connectivity index (χ0) is 14.1. The van der Waals surface area contributed by atoms with Crippen LogP contribution in [0, 0.1) is 18.8 Å². The molecule has 0 fully saturated rings. The number of aryl methyl sites for hydroxylation is 2. The summed E-state index contributed by atoms with van der Waals surface area (Å²) in [5.41, 5.74) is 2.99. The van der Waals surface area contributed by atoms with Crippen LogP contribution in [0.1, 0.15) is 57.1 Å². The van der Waals surface area contributed by atoms with E-state index in [1.165, 1.54) is 48.5 Å². The van der Waals surface area contributed by atoms with Gasteiger partial charge in [0, 0.05) is 4.43 Å². The molecule has 0 saturated carbocycles. The molecule has 1 rings (SSSR count). The molecule has 0 aliphatic carbocycles. The van der Waals surface area contributed by atoms with Gasteiger partial charge in [-0.25, -0.2) is 0 Å². The predicted molar refractivity (Wildman–Crippen MR) is 95.2 cm³/mol. The lowest BCUT2D eigenvalue weighted by atomic mass is 9.92. The van der Waals surface area contributed by atoms with Crippen LogP contribution in [0.5, 0.6) is 0 Å². The number of hydrogen-bond donors (Lipinski definition) is 0. The molecule has 2 unspecified atom stereocenters. The van der Waals surface area contributed by atoms with Gasteiger partial charge in [0.2, 0.25) is 0 Å². The van der Waals surface area contributed by atoms with Crippen LogP contribution in [-0.4, -0.2) is 4.43 Å². The van der Waals surface area contributed by atoms with E-state index in [0.717, 1.165) is 11.8 Å². The number of rotatable bonds is 9. The molecule has 108 valence electrons. The molecular formula is C18H29I. The molecule has 0 aliphatic heterocycles. The molecule has 0 radical (unpaired) electrons. The number of hydrogen-bond acceptors (Lipinski definition) is 0. The van der Waals surface area contributed by atoms with Gasteiger partial charge in [-0.1, -0.05) is 80.0 Å². The molecule has 0 bridgehead atoms. The van der Waals surface area contributed by atoms with E-state index in [4.69, 9.17) is 0 Å². The van der Waals surface area contributed by atoms with Crippen molar-refractivity contribution >= 4 is 22.6 Å². The molecule has 0 heterocycles. The third kappa shape index (κ3) is 6.78. The summed E-state index contributed by atoms with van der Waals surface area (Å²) >= 11 is 2.57. The average Bonchev–Trinajstić information content (AvgIpc) is 2.43. The highest BCUT2D eigenvalue weighted by molar-refractivity contribution is 14.1. The minimum atomic E-state index is 0.907. The first-order valence-corrected chi connectivity index (χ1v) is 9.30. The second kappa shape index (κ2) is 9.79. The van der Waals surface area contributed by atoms with Gasteiger partial charge >= 0.3 is 0 Å². The maximum absolute atomic E-state index is 2.57. The second-order valence-corrected chi connectivity index (χ2v) is 6.81. The third-order valence-electron chi connectivity index (χ3n) is 4.31. The summed E-state index contributed by atoms with van der Waals surface area (Å²) in [5.74, 6) is 1.82. The lowest BCUT2D eigenvalue weighted by molar-refractivity contribution is 0.425. The van der Waals surface area contributed by atoms with Crippen molar-refractivity contribution in [1.82, 2.24) is 0 Å². The summed E-state index contributed by atoms with van der Waals surface area (Å²) in [6, 6.07) is 8.83. The van der Waals surface area contributed by atoms with Gasteiger partial charge in [0.05, 0.1) is 0 Å². The van der Waals surface area contributed by atoms with Gasteiger partial charge in [-0.2, -0.15) is 0 Å². The summed E-state index contributed by atoms with van der Waals surface area (Å²) in [5, 5.41) is 0. The lowest BCUT2D eigenvalue weighted by Gasteiger charge is -2.16. The lowest BCUT2D eigenvalue weighted by Crippen LogP contribution is -2.05. The first-order chi connectivity index (χ1) is 9.17. The highest BCUT2D eigenvalue weighted by Gasteiger charge is 2.09. The predicted octanol–water partition coefficient (Wildman–Crippen LogP) is 6.20. The first-order valence-electron chi connectivity index (χ1n) is 7.77. The van der Waals surface area contributed by atoms with Gasteiger partial charge < -0.3 is 0 Å². The van der Waals surface area contributed by atoms with Gasteiger partial charge in [0.25, 0.3) is 0 Å². The first kappa shape index (κ1) is 17.0. The molecule has 0 aliphatic rings. The van der Waals surface area contributed by atoms with Crippen LogP contribution in [-0.2, 0) is 6.42 Å². The summed E-state index contributed by atoms with van der Waals surface area (Å²) in [4.78, 5) is 0. The Morgan fingerprint density at radius 3 is 2.47 bits per heavy atom. The van der Waals surface area contributed by atoms with Gasteiger partial charge in [0.15, 0.2) is 0 Å². The Kier molecular flexibility index (Phi) is 8.76. The minimum absolute atomic E-state index is 0.907. The number of benzene rings is 1. The fraction of sp³-hybridized carbons (Fsp3) is 0.667. The minimum Gasteiger partial charge on any atom is -0.0861 e. The molecule has 0 spiro atoms. The average molecular weight is 372 g/mol. The molecule has 0 amide bonds. The summed E-state index contributed by atoms with van der Waals surface area (Å²) in [7, 11) is 0. The second-order valence-electron chi connectivity index (χ2n) is 5.93. The molecule has 2 atom stereocenters. The van der Waals surface area contributed by atoms with E-state index in [1.54, 1.807) is 5.56 Å². The summed E-state index contributed by atoms with van der Waals surface area (Å²) in [6.45, 7) is 6.92.